The van der Waals surface area contributed by atoms with E-state index in [0.29, 0.717) is 11.7 Å². The van der Waals surface area contributed by atoms with Crippen molar-refractivity contribution in [3.05, 3.63) is 211 Å². The minimum absolute atomic E-state index is 0.356. The van der Waals surface area contributed by atoms with Gasteiger partial charge >= 0.3 is 0 Å². The average molecular weight is 731 g/mol. The first-order valence-electron chi connectivity index (χ1n) is 19.5. The van der Waals surface area contributed by atoms with Crippen molar-refractivity contribution in [3.63, 3.8) is 0 Å². The highest BCUT2D eigenvalue weighted by atomic mass is 14.9. The van der Waals surface area contributed by atoms with E-state index in [0.717, 1.165) is 95.5 Å². The smallest absolute Gasteiger partial charge is 0.160 e. The van der Waals surface area contributed by atoms with E-state index in [9.17, 15) is 0 Å². The zero-order chi connectivity index (χ0) is 38.1. The summed E-state index contributed by atoms with van der Waals surface area (Å²) in [6.07, 6.45) is 7.76. The quantitative estimate of drug-likeness (QED) is 0.153. The Bertz CT molecular complexity index is 2990. The molecule has 4 heteroatoms. The van der Waals surface area contributed by atoms with Gasteiger partial charge in [0.15, 0.2) is 5.82 Å². The molecule has 0 bridgehead atoms. The second kappa shape index (κ2) is 14.7. The lowest BCUT2D eigenvalue weighted by Crippen LogP contribution is -2.02. The third kappa shape index (κ3) is 6.83. The van der Waals surface area contributed by atoms with Gasteiger partial charge < -0.3 is 0 Å². The van der Waals surface area contributed by atoms with Crippen molar-refractivity contribution in [2.24, 2.45) is 0 Å². The second-order valence-corrected chi connectivity index (χ2v) is 14.7. The largest absolute Gasteiger partial charge is 0.251 e. The van der Waals surface area contributed by atoms with Gasteiger partial charge in [0.25, 0.3) is 0 Å². The Morgan fingerprint density at radius 3 is 1.79 bits per heavy atom. The van der Waals surface area contributed by atoms with Gasteiger partial charge in [-0.15, -0.1) is 0 Å². The van der Waals surface area contributed by atoms with Crippen LogP contribution in [0.2, 0.25) is 0 Å². The lowest BCUT2D eigenvalue weighted by Gasteiger charge is -2.17. The van der Waals surface area contributed by atoms with Gasteiger partial charge in [-0.05, 0) is 77.1 Å². The zero-order valence-corrected chi connectivity index (χ0v) is 31.5. The van der Waals surface area contributed by atoms with Gasteiger partial charge in [0.05, 0.1) is 28.1 Å². The van der Waals surface area contributed by atoms with Crippen LogP contribution >= 0.6 is 0 Å². The third-order valence-corrected chi connectivity index (χ3v) is 10.9. The first kappa shape index (κ1) is 34.2. The molecule has 10 rings (SSSR count). The SMILES string of the molecule is Cc1cc(-c2cccc(-c3cccc(-c4nc(C5=CCC(c6ccccc6)C=C5)cc(-c5ccccc5)n4)c3)c2)c2ccc3ccc(-c4ccccc4)nc3c2n1. The van der Waals surface area contributed by atoms with Crippen LogP contribution in [0.15, 0.2) is 194 Å². The fourth-order valence-corrected chi connectivity index (χ4v) is 7.95. The van der Waals surface area contributed by atoms with Crippen molar-refractivity contribution in [1.82, 2.24) is 19.9 Å². The second-order valence-electron chi connectivity index (χ2n) is 14.7. The summed E-state index contributed by atoms with van der Waals surface area (Å²) in [5.41, 5.74) is 15.6. The first-order chi connectivity index (χ1) is 28.1. The molecule has 1 aliphatic rings. The number of aromatic nitrogens is 4. The van der Waals surface area contributed by atoms with Crippen molar-refractivity contribution in [2.45, 2.75) is 19.3 Å². The van der Waals surface area contributed by atoms with Crippen molar-refractivity contribution >= 4 is 27.4 Å². The molecule has 6 aromatic carbocycles. The molecule has 0 fully saturated rings. The standard InChI is InChI=1S/C53H38N4/c1-35-31-47(46-29-27-41-28-30-48(38-15-7-3-8-16-38)55-51(41)52(46)54-35)44-21-11-19-42(32-44)43-20-12-22-45(33-43)53-56-49(39-17-9-4-10-18-39)34-50(57-53)40-25-23-37(24-26-40)36-13-5-2-6-14-36/h2-23,25-34,37H,24H2,1H3. The molecular formula is C53H38N4. The number of nitrogens with zero attached hydrogens (tertiary/aromatic N) is 4. The van der Waals surface area contributed by atoms with Gasteiger partial charge in [0.2, 0.25) is 0 Å². The number of rotatable bonds is 7. The molecule has 0 aliphatic heterocycles. The topological polar surface area (TPSA) is 51.6 Å². The lowest BCUT2D eigenvalue weighted by atomic mass is 9.89. The van der Waals surface area contributed by atoms with E-state index in [1.807, 2.05) is 24.3 Å². The van der Waals surface area contributed by atoms with Gasteiger partial charge in [-0.1, -0.05) is 164 Å². The Kier molecular flexibility index (Phi) is 8.85. The van der Waals surface area contributed by atoms with Crippen LogP contribution < -0.4 is 0 Å². The minimum Gasteiger partial charge on any atom is -0.251 e. The molecular weight excluding hydrogens is 693 g/mol. The van der Waals surface area contributed by atoms with Crippen molar-refractivity contribution in [1.29, 1.82) is 0 Å². The van der Waals surface area contributed by atoms with Crippen LogP contribution in [0.1, 0.15) is 29.3 Å². The Morgan fingerprint density at radius 2 is 1.07 bits per heavy atom. The van der Waals surface area contributed by atoms with Gasteiger partial charge in [0, 0.05) is 39.1 Å². The summed E-state index contributed by atoms with van der Waals surface area (Å²) in [5, 5.41) is 2.15. The zero-order valence-electron chi connectivity index (χ0n) is 31.5. The molecule has 9 aromatic rings. The molecule has 4 nitrogen and oxygen atoms in total. The number of hydrogen-bond acceptors (Lipinski definition) is 4. The van der Waals surface area contributed by atoms with Gasteiger partial charge in [-0.2, -0.15) is 0 Å². The molecule has 57 heavy (non-hydrogen) atoms. The molecule has 3 heterocycles. The number of pyridine rings is 2. The van der Waals surface area contributed by atoms with Crippen LogP contribution in [0, 0.1) is 6.92 Å². The van der Waals surface area contributed by atoms with Crippen LogP contribution in [0.25, 0.3) is 83.5 Å². The molecule has 1 aliphatic carbocycles. The van der Waals surface area contributed by atoms with Gasteiger partial charge in [0.1, 0.15) is 0 Å². The average Bonchev–Trinajstić information content (AvgIpc) is 3.29. The van der Waals surface area contributed by atoms with E-state index in [-0.39, 0.29) is 0 Å². The molecule has 0 saturated heterocycles. The highest BCUT2D eigenvalue weighted by molar-refractivity contribution is 6.09. The van der Waals surface area contributed by atoms with Crippen molar-refractivity contribution < 1.29 is 0 Å². The maximum Gasteiger partial charge on any atom is 0.160 e. The van der Waals surface area contributed by atoms with E-state index < -0.39 is 0 Å². The Morgan fingerprint density at radius 1 is 0.456 bits per heavy atom. The molecule has 3 aromatic heterocycles. The van der Waals surface area contributed by atoms with E-state index in [2.05, 4.69) is 177 Å². The van der Waals surface area contributed by atoms with E-state index in [1.165, 1.54) is 5.56 Å². The molecule has 1 atom stereocenters. The first-order valence-corrected chi connectivity index (χ1v) is 19.5. The summed E-state index contributed by atoms with van der Waals surface area (Å²) >= 11 is 0. The molecule has 0 radical (unpaired) electrons. The van der Waals surface area contributed by atoms with E-state index in [4.69, 9.17) is 19.9 Å². The molecule has 0 spiro atoms. The predicted molar refractivity (Wildman–Crippen MR) is 235 cm³/mol. The highest BCUT2D eigenvalue weighted by Crippen LogP contribution is 2.37. The van der Waals surface area contributed by atoms with Gasteiger partial charge in [-0.3, -0.25) is 4.98 Å². The number of hydrogen-bond donors (Lipinski definition) is 0. The maximum absolute atomic E-state index is 5.20. The summed E-state index contributed by atoms with van der Waals surface area (Å²) in [7, 11) is 0. The van der Waals surface area contributed by atoms with E-state index in [1.54, 1.807) is 0 Å². The van der Waals surface area contributed by atoms with Crippen molar-refractivity contribution in [2.75, 3.05) is 0 Å². The molecule has 270 valence electrons. The number of aryl methyl sites for hydroxylation is 1. The maximum atomic E-state index is 5.20. The molecule has 0 amide bonds. The third-order valence-electron chi connectivity index (χ3n) is 10.9. The summed E-state index contributed by atoms with van der Waals surface area (Å²) in [4.78, 5) is 20.6. The number of allylic oxidation sites excluding steroid dienone is 4. The summed E-state index contributed by atoms with van der Waals surface area (Å²) in [5.74, 6) is 1.06. The summed E-state index contributed by atoms with van der Waals surface area (Å²) in [6.45, 7) is 2.06. The van der Waals surface area contributed by atoms with Crippen LogP contribution in [0.5, 0.6) is 0 Å². The fourth-order valence-electron chi connectivity index (χ4n) is 7.95. The van der Waals surface area contributed by atoms with Gasteiger partial charge in [-0.25, -0.2) is 15.0 Å². The van der Waals surface area contributed by atoms with Crippen LogP contribution in [-0.4, -0.2) is 19.9 Å². The molecule has 1 unspecified atom stereocenters. The number of benzene rings is 6. The summed E-state index contributed by atoms with van der Waals surface area (Å²) in [6, 6.07) is 61.7. The monoisotopic (exact) mass is 730 g/mol. The molecule has 0 saturated carbocycles. The van der Waals surface area contributed by atoms with Crippen molar-refractivity contribution in [3.8, 4) is 56.2 Å². The predicted octanol–water partition coefficient (Wildman–Crippen LogP) is 13.3. The molecule has 0 N–H and O–H groups in total. The van der Waals surface area contributed by atoms with E-state index >= 15 is 0 Å². The minimum atomic E-state index is 0.356. The lowest BCUT2D eigenvalue weighted by molar-refractivity contribution is 0.855. The van der Waals surface area contributed by atoms with Crippen LogP contribution in [-0.2, 0) is 0 Å². The number of fused-ring (bicyclic) bond motifs is 3. The summed E-state index contributed by atoms with van der Waals surface area (Å²) < 4.78 is 0. The fraction of sp³-hybridized carbons (Fsp3) is 0.0566. The Labute approximate surface area is 332 Å². The van der Waals surface area contributed by atoms with Crippen LogP contribution in [0.4, 0.5) is 0 Å². The van der Waals surface area contributed by atoms with Crippen LogP contribution in [0.3, 0.4) is 0 Å². The highest BCUT2D eigenvalue weighted by Gasteiger charge is 2.17. The Balaban J connectivity index is 1.02. The Hall–Kier alpha value is -7.30. The normalized spacial score (nSPS) is 13.8.